The van der Waals surface area contributed by atoms with Gasteiger partial charge in [-0.15, -0.1) is 0 Å². The van der Waals surface area contributed by atoms with Gasteiger partial charge in [0, 0.05) is 18.5 Å². The van der Waals surface area contributed by atoms with E-state index < -0.39 is 12.0 Å². The average molecular weight is 362 g/mol. The Kier molecular flexibility index (Phi) is 8.82. The number of methoxy groups -OCH3 is 1. The molecule has 1 aromatic rings. The van der Waals surface area contributed by atoms with Gasteiger partial charge in [-0.3, -0.25) is 9.59 Å². The minimum atomic E-state index is -0.652. The van der Waals surface area contributed by atoms with Crippen molar-refractivity contribution in [2.24, 2.45) is 11.8 Å². The van der Waals surface area contributed by atoms with E-state index in [9.17, 15) is 14.4 Å². The number of benzene rings is 1. The Morgan fingerprint density at radius 3 is 2.12 bits per heavy atom. The number of anilines is 1. The summed E-state index contributed by atoms with van der Waals surface area (Å²) in [5.74, 6) is -0.732. The molecule has 1 aromatic carbocycles. The molecular weight excluding hydrogens is 332 g/mol. The molecule has 2 atom stereocenters. The summed E-state index contributed by atoms with van der Waals surface area (Å²) in [4.78, 5) is 36.1. The van der Waals surface area contributed by atoms with Crippen LogP contribution in [0.15, 0.2) is 24.3 Å². The maximum Gasteiger partial charge on any atom is 0.328 e. The maximum absolute atomic E-state index is 12.2. The van der Waals surface area contributed by atoms with Gasteiger partial charge >= 0.3 is 5.97 Å². The lowest BCUT2D eigenvalue weighted by atomic mass is 10.0. The molecule has 26 heavy (non-hydrogen) atoms. The van der Waals surface area contributed by atoms with E-state index in [1.807, 2.05) is 52.0 Å². The van der Waals surface area contributed by atoms with Crippen molar-refractivity contribution in [3.05, 3.63) is 29.8 Å². The van der Waals surface area contributed by atoms with Crippen LogP contribution in [0.4, 0.5) is 5.69 Å². The van der Waals surface area contributed by atoms with Crippen LogP contribution >= 0.6 is 0 Å². The van der Waals surface area contributed by atoms with Gasteiger partial charge in [-0.05, 0) is 37.3 Å². The van der Waals surface area contributed by atoms with Crippen molar-refractivity contribution in [2.45, 2.75) is 53.0 Å². The van der Waals surface area contributed by atoms with E-state index in [0.717, 1.165) is 11.3 Å². The molecule has 0 aliphatic rings. The number of ether oxygens (including phenoxy) is 1. The maximum atomic E-state index is 12.2. The van der Waals surface area contributed by atoms with Gasteiger partial charge in [0.1, 0.15) is 6.04 Å². The second kappa shape index (κ2) is 10.6. The molecule has 6 nitrogen and oxygen atoms in total. The van der Waals surface area contributed by atoms with Crippen molar-refractivity contribution in [2.75, 3.05) is 12.4 Å². The Labute approximate surface area is 155 Å². The first kappa shape index (κ1) is 21.7. The van der Waals surface area contributed by atoms with E-state index in [1.54, 1.807) is 0 Å². The lowest BCUT2D eigenvalue weighted by molar-refractivity contribution is -0.145. The molecule has 0 spiro atoms. The van der Waals surface area contributed by atoms with Crippen molar-refractivity contribution < 1.29 is 19.1 Å². The molecule has 0 unspecified atom stereocenters. The molecule has 2 amide bonds. The summed E-state index contributed by atoms with van der Waals surface area (Å²) in [6.07, 6.45) is 0.919. The van der Waals surface area contributed by atoms with E-state index in [1.165, 1.54) is 7.11 Å². The number of carbonyl (C=O) groups excluding carboxylic acids is 3. The molecular formula is C20H30N2O4. The van der Waals surface area contributed by atoms with Crippen LogP contribution < -0.4 is 10.6 Å². The van der Waals surface area contributed by atoms with Crippen molar-refractivity contribution >= 4 is 23.5 Å². The normalized spacial score (nSPS) is 13.0. The van der Waals surface area contributed by atoms with Crippen molar-refractivity contribution in [1.82, 2.24) is 5.32 Å². The van der Waals surface area contributed by atoms with Crippen LogP contribution in [0.3, 0.4) is 0 Å². The first-order valence-electron chi connectivity index (χ1n) is 8.95. The molecule has 0 heterocycles. The highest BCUT2D eigenvalue weighted by Crippen LogP contribution is 2.13. The molecule has 2 N–H and O–H groups in total. The average Bonchev–Trinajstić information content (AvgIpc) is 2.54. The first-order chi connectivity index (χ1) is 12.2. The third-order valence-corrected chi connectivity index (χ3v) is 3.93. The van der Waals surface area contributed by atoms with Crippen LogP contribution in [0, 0.1) is 18.8 Å². The molecule has 1 rings (SSSR count). The summed E-state index contributed by atoms with van der Waals surface area (Å²) in [6.45, 7) is 7.76. The number of nitrogens with one attached hydrogen (secondary N) is 2. The smallest absolute Gasteiger partial charge is 0.328 e. The quantitative estimate of drug-likeness (QED) is 0.661. The van der Waals surface area contributed by atoms with Gasteiger partial charge < -0.3 is 15.4 Å². The fraction of sp³-hybridized carbons (Fsp3) is 0.550. The Morgan fingerprint density at radius 2 is 1.58 bits per heavy atom. The summed E-state index contributed by atoms with van der Waals surface area (Å²) in [5.41, 5.74) is 1.86. The molecule has 0 fully saturated rings. The molecule has 0 bridgehead atoms. The highest BCUT2D eigenvalue weighted by atomic mass is 16.5. The third kappa shape index (κ3) is 8.14. The topological polar surface area (TPSA) is 84.5 Å². The highest BCUT2D eigenvalue weighted by Gasteiger charge is 2.23. The van der Waals surface area contributed by atoms with Crippen molar-refractivity contribution in [3.63, 3.8) is 0 Å². The molecule has 0 aliphatic carbocycles. The number of hydrogen-bond donors (Lipinski definition) is 2. The molecule has 0 aromatic heterocycles. The van der Waals surface area contributed by atoms with E-state index in [-0.39, 0.29) is 36.5 Å². The van der Waals surface area contributed by atoms with Crippen molar-refractivity contribution in [3.8, 4) is 0 Å². The lowest BCUT2D eigenvalue weighted by Crippen LogP contribution is -2.42. The van der Waals surface area contributed by atoms with Gasteiger partial charge in [-0.1, -0.05) is 38.5 Å². The first-order valence-corrected chi connectivity index (χ1v) is 8.95. The Hall–Kier alpha value is -2.37. The minimum absolute atomic E-state index is 0.138. The SMILES string of the molecule is COC(=O)[C@@H](CC(C)C)NC(=O)C[C@@H](C)CC(=O)Nc1ccc(C)cc1. The monoisotopic (exact) mass is 362 g/mol. The molecule has 0 aliphatic heterocycles. The zero-order valence-electron chi connectivity index (χ0n) is 16.3. The number of aryl methyl sites for hydroxylation is 1. The third-order valence-electron chi connectivity index (χ3n) is 3.93. The van der Waals surface area contributed by atoms with E-state index in [4.69, 9.17) is 4.74 Å². The summed E-state index contributed by atoms with van der Waals surface area (Å²) in [7, 11) is 1.31. The molecule has 0 radical (unpaired) electrons. The fourth-order valence-corrected chi connectivity index (χ4v) is 2.64. The molecule has 6 heteroatoms. The predicted octanol–water partition coefficient (Wildman–Crippen LogP) is 3.05. The highest BCUT2D eigenvalue weighted by molar-refractivity contribution is 5.91. The molecule has 0 saturated carbocycles. The largest absolute Gasteiger partial charge is 0.467 e. The Balaban J connectivity index is 2.48. The number of carbonyl (C=O) groups is 3. The van der Waals surface area contributed by atoms with Gasteiger partial charge in [0.15, 0.2) is 0 Å². The number of hydrogen-bond acceptors (Lipinski definition) is 4. The summed E-state index contributed by atoms with van der Waals surface area (Å²) in [5, 5.41) is 5.54. The van der Waals surface area contributed by atoms with Gasteiger partial charge in [-0.2, -0.15) is 0 Å². The molecule has 0 saturated heterocycles. The van der Waals surface area contributed by atoms with Crippen LogP contribution in [0.1, 0.15) is 45.6 Å². The summed E-state index contributed by atoms with van der Waals surface area (Å²) >= 11 is 0. The van der Waals surface area contributed by atoms with E-state index >= 15 is 0 Å². The molecule has 144 valence electrons. The van der Waals surface area contributed by atoms with Gasteiger partial charge in [0.25, 0.3) is 0 Å². The fourth-order valence-electron chi connectivity index (χ4n) is 2.64. The standard InChI is InChI=1S/C20H30N2O4/c1-13(2)10-17(20(25)26-5)22-19(24)12-15(4)11-18(23)21-16-8-6-14(3)7-9-16/h6-9,13,15,17H,10-12H2,1-5H3,(H,21,23)(H,22,24)/t15-,17+/m0/s1. The zero-order valence-corrected chi connectivity index (χ0v) is 16.3. The van der Waals surface area contributed by atoms with Crippen molar-refractivity contribution in [1.29, 1.82) is 0 Å². The Morgan fingerprint density at radius 1 is 1.00 bits per heavy atom. The van der Waals surface area contributed by atoms with Crippen LogP contribution in [-0.2, 0) is 19.1 Å². The van der Waals surface area contributed by atoms with Crippen LogP contribution in [0.25, 0.3) is 0 Å². The Bertz CT molecular complexity index is 611. The van der Waals surface area contributed by atoms with Gasteiger partial charge in [-0.25, -0.2) is 4.79 Å². The number of amides is 2. The second-order valence-electron chi connectivity index (χ2n) is 7.20. The summed E-state index contributed by atoms with van der Waals surface area (Å²) < 4.78 is 4.74. The minimum Gasteiger partial charge on any atom is -0.467 e. The van der Waals surface area contributed by atoms with Gasteiger partial charge in [0.05, 0.1) is 7.11 Å². The number of esters is 1. The van der Waals surface area contributed by atoms with Crippen LogP contribution in [0.5, 0.6) is 0 Å². The van der Waals surface area contributed by atoms with Gasteiger partial charge in [0.2, 0.25) is 11.8 Å². The van der Waals surface area contributed by atoms with Crippen LogP contribution in [-0.4, -0.2) is 30.9 Å². The number of rotatable bonds is 9. The van der Waals surface area contributed by atoms with Crippen LogP contribution in [0.2, 0.25) is 0 Å². The summed E-state index contributed by atoms with van der Waals surface area (Å²) in [6, 6.07) is 6.89. The van der Waals surface area contributed by atoms with E-state index in [2.05, 4.69) is 10.6 Å². The second-order valence-corrected chi connectivity index (χ2v) is 7.20. The lowest BCUT2D eigenvalue weighted by Gasteiger charge is -2.19. The predicted molar refractivity (Wildman–Crippen MR) is 102 cm³/mol. The zero-order chi connectivity index (χ0) is 19.7. The van der Waals surface area contributed by atoms with E-state index in [0.29, 0.717) is 6.42 Å².